The van der Waals surface area contributed by atoms with Crippen molar-refractivity contribution in [2.24, 2.45) is 0 Å². The van der Waals surface area contributed by atoms with Crippen molar-refractivity contribution < 1.29 is 4.74 Å². The molecule has 3 N–H and O–H groups in total. The Morgan fingerprint density at radius 3 is 3.08 bits per heavy atom. The quantitative estimate of drug-likeness (QED) is 0.620. The van der Waals surface area contributed by atoms with E-state index in [1.807, 2.05) is 18.2 Å². The van der Waals surface area contributed by atoms with Gasteiger partial charge in [0.2, 0.25) is 5.88 Å². The number of methoxy groups -OCH3 is 1. The molecule has 0 aliphatic carbocycles. The van der Waals surface area contributed by atoms with Crippen LogP contribution in [-0.2, 0) is 0 Å². The minimum Gasteiger partial charge on any atom is -0.480 e. The highest BCUT2D eigenvalue weighted by molar-refractivity contribution is 5.92. The number of aromatic nitrogens is 2. The van der Waals surface area contributed by atoms with Crippen LogP contribution >= 0.6 is 0 Å². The first-order valence-corrected chi connectivity index (χ1v) is 3.59. The number of H-pyrrole nitrogens is 1. The third-order valence-corrected chi connectivity index (χ3v) is 1.79. The van der Waals surface area contributed by atoms with Gasteiger partial charge in [-0.15, -0.1) is 5.10 Å². The van der Waals surface area contributed by atoms with Crippen molar-refractivity contribution in [1.29, 1.82) is 0 Å². The van der Waals surface area contributed by atoms with Crippen LogP contribution < -0.4 is 10.5 Å². The second kappa shape index (κ2) is 2.41. The van der Waals surface area contributed by atoms with Gasteiger partial charge in [0.1, 0.15) is 0 Å². The van der Waals surface area contributed by atoms with Crippen LogP contribution in [-0.4, -0.2) is 17.3 Å². The van der Waals surface area contributed by atoms with Crippen LogP contribution in [0.2, 0.25) is 0 Å². The van der Waals surface area contributed by atoms with Gasteiger partial charge in [0.05, 0.1) is 23.7 Å². The van der Waals surface area contributed by atoms with E-state index in [9.17, 15) is 0 Å². The van der Waals surface area contributed by atoms with E-state index < -0.39 is 0 Å². The summed E-state index contributed by atoms with van der Waals surface area (Å²) in [6, 6.07) is 5.60. The largest absolute Gasteiger partial charge is 0.480 e. The molecule has 0 aliphatic rings. The second-order valence-electron chi connectivity index (χ2n) is 2.50. The Kier molecular flexibility index (Phi) is 1.40. The highest BCUT2D eigenvalue weighted by Gasteiger charge is 2.05. The Morgan fingerprint density at radius 1 is 1.50 bits per heavy atom. The van der Waals surface area contributed by atoms with Gasteiger partial charge in [-0.05, 0) is 12.1 Å². The molecule has 0 fully saturated rings. The molecule has 0 saturated heterocycles. The zero-order valence-electron chi connectivity index (χ0n) is 6.66. The zero-order chi connectivity index (χ0) is 8.55. The summed E-state index contributed by atoms with van der Waals surface area (Å²) < 4.78 is 5.02. The normalized spacial score (nSPS) is 10.4. The highest BCUT2D eigenvalue weighted by atomic mass is 16.5. The lowest BCUT2D eigenvalue weighted by molar-refractivity contribution is 0.401. The molecule has 2 aromatic rings. The van der Waals surface area contributed by atoms with Crippen LogP contribution in [0.5, 0.6) is 5.88 Å². The number of ether oxygens (including phenoxy) is 1. The lowest BCUT2D eigenvalue weighted by atomic mass is 10.2. The molecule has 1 aromatic carbocycles. The van der Waals surface area contributed by atoms with Crippen LogP contribution in [0.15, 0.2) is 18.2 Å². The van der Waals surface area contributed by atoms with Crippen LogP contribution in [0.25, 0.3) is 10.9 Å². The van der Waals surface area contributed by atoms with E-state index >= 15 is 0 Å². The van der Waals surface area contributed by atoms with Crippen LogP contribution in [0.4, 0.5) is 5.69 Å². The van der Waals surface area contributed by atoms with E-state index in [-0.39, 0.29) is 0 Å². The SMILES string of the molecule is COc1n[nH]c2c(N)cccc12. The summed E-state index contributed by atoms with van der Waals surface area (Å²) in [5.41, 5.74) is 7.21. The number of nitrogens with two attached hydrogens (primary N) is 1. The van der Waals surface area contributed by atoms with Crippen molar-refractivity contribution in [2.75, 3.05) is 12.8 Å². The average Bonchev–Trinajstić information content (AvgIpc) is 2.49. The van der Waals surface area contributed by atoms with Crippen molar-refractivity contribution in [2.45, 2.75) is 0 Å². The predicted molar refractivity (Wildman–Crippen MR) is 47.1 cm³/mol. The molecule has 12 heavy (non-hydrogen) atoms. The third-order valence-electron chi connectivity index (χ3n) is 1.79. The molecule has 4 heteroatoms. The summed E-state index contributed by atoms with van der Waals surface area (Å²) in [6.45, 7) is 0. The molecule has 0 radical (unpaired) electrons. The van der Waals surface area contributed by atoms with Crippen molar-refractivity contribution in [3.05, 3.63) is 18.2 Å². The number of aromatic amines is 1. The number of hydrogen-bond donors (Lipinski definition) is 2. The van der Waals surface area contributed by atoms with Crippen molar-refractivity contribution in [3.8, 4) is 5.88 Å². The average molecular weight is 163 g/mol. The van der Waals surface area contributed by atoms with Crippen molar-refractivity contribution >= 4 is 16.6 Å². The van der Waals surface area contributed by atoms with E-state index in [1.54, 1.807) is 7.11 Å². The van der Waals surface area contributed by atoms with Gasteiger partial charge in [-0.3, -0.25) is 5.10 Å². The van der Waals surface area contributed by atoms with E-state index in [2.05, 4.69) is 10.2 Å². The maximum absolute atomic E-state index is 5.70. The van der Waals surface area contributed by atoms with Gasteiger partial charge in [0, 0.05) is 0 Å². The summed E-state index contributed by atoms with van der Waals surface area (Å²) >= 11 is 0. The first-order chi connectivity index (χ1) is 5.83. The van der Waals surface area contributed by atoms with Crippen molar-refractivity contribution in [3.63, 3.8) is 0 Å². The van der Waals surface area contributed by atoms with Gasteiger partial charge in [0.15, 0.2) is 0 Å². The molecular weight excluding hydrogens is 154 g/mol. The number of nitrogen functional groups attached to an aromatic ring is 1. The maximum atomic E-state index is 5.70. The van der Waals surface area contributed by atoms with E-state index in [0.29, 0.717) is 11.6 Å². The summed E-state index contributed by atoms with van der Waals surface area (Å²) in [7, 11) is 1.58. The maximum Gasteiger partial charge on any atom is 0.240 e. The molecule has 0 aliphatic heterocycles. The fourth-order valence-corrected chi connectivity index (χ4v) is 1.20. The number of para-hydroxylation sites is 1. The fraction of sp³-hybridized carbons (Fsp3) is 0.125. The second-order valence-corrected chi connectivity index (χ2v) is 2.50. The zero-order valence-corrected chi connectivity index (χ0v) is 6.66. The summed E-state index contributed by atoms with van der Waals surface area (Å²) in [5, 5.41) is 7.67. The van der Waals surface area contributed by atoms with Gasteiger partial charge in [0.25, 0.3) is 0 Å². The third kappa shape index (κ3) is 0.812. The summed E-state index contributed by atoms with van der Waals surface area (Å²) in [4.78, 5) is 0. The highest BCUT2D eigenvalue weighted by Crippen LogP contribution is 2.25. The number of fused-ring (bicyclic) bond motifs is 1. The lowest BCUT2D eigenvalue weighted by Gasteiger charge is -1.94. The van der Waals surface area contributed by atoms with Crippen molar-refractivity contribution in [1.82, 2.24) is 10.2 Å². The lowest BCUT2D eigenvalue weighted by Crippen LogP contribution is -1.85. The molecule has 62 valence electrons. The minimum absolute atomic E-state index is 0.581. The molecule has 1 heterocycles. The number of anilines is 1. The molecule has 0 amide bonds. The molecule has 0 atom stereocenters. The Balaban J connectivity index is 2.80. The first-order valence-electron chi connectivity index (χ1n) is 3.59. The van der Waals surface area contributed by atoms with Gasteiger partial charge in [-0.2, -0.15) is 0 Å². The molecule has 1 aromatic heterocycles. The molecule has 0 unspecified atom stereocenters. The van der Waals surface area contributed by atoms with Gasteiger partial charge < -0.3 is 10.5 Å². The van der Waals surface area contributed by atoms with Crippen LogP contribution in [0, 0.1) is 0 Å². The molecule has 0 saturated carbocycles. The van der Waals surface area contributed by atoms with Crippen LogP contribution in [0.1, 0.15) is 0 Å². The molecule has 0 spiro atoms. The fourth-order valence-electron chi connectivity index (χ4n) is 1.20. The van der Waals surface area contributed by atoms with Gasteiger partial charge in [-0.25, -0.2) is 0 Å². The Bertz CT molecular complexity index is 408. The molecule has 0 bridgehead atoms. The summed E-state index contributed by atoms with van der Waals surface area (Å²) in [6.07, 6.45) is 0. The minimum atomic E-state index is 0.581. The predicted octanol–water partition coefficient (Wildman–Crippen LogP) is 1.15. The number of benzene rings is 1. The molecule has 4 nitrogen and oxygen atoms in total. The standard InChI is InChI=1S/C8H9N3O/c1-12-8-5-3-2-4-6(9)7(5)10-11-8/h2-4H,9H2,1H3,(H,10,11). The number of hydrogen-bond acceptors (Lipinski definition) is 3. The van der Waals surface area contributed by atoms with E-state index in [0.717, 1.165) is 10.9 Å². The monoisotopic (exact) mass is 163 g/mol. The van der Waals surface area contributed by atoms with E-state index in [4.69, 9.17) is 10.5 Å². The van der Waals surface area contributed by atoms with Crippen LogP contribution in [0.3, 0.4) is 0 Å². The first kappa shape index (κ1) is 6.97. The number of nitrogens with zero attached hydrogens (tertiary/aromatic N) is 1. The van der Waals surface area contributed by atoms with E-state index in [1.165, 1.54) is 0 Å². The smallest absolute Gasteiger partial charge is 0.240 e. The molecular formula is C8H9N3O. The Hall–Kier alpha value is -1.71. The molecule has 2 rings (SSSR count). The topological polar surface area (TPSA) is 63.9 Å². The number of rotatable bonds is 1. The Morgan fingerprint density at radius 2 is 2.33 bits per heavy atom. The number of nitrogens with one attached hydrogen (secondary N) is 1. The Labute approximate surface area is 69.3 Å². The van der Waals surface area contributed by atoms with Gasteiger partial charge >= 0.3 is 0 Å². The van der Waals surface area contributed by atoms with Gasteiger partial charge in [-0.1, -0.05) is 6.07 Å². The summed E-state index contributed by atoms with van der Waals surface area (Å²) in [5.74, 6) is 0.581.